The summed E-state index contributed by atoms with van der Waals surface area (Å²) < 4.78 is 32.8. The van der Waals surface area contributed by atoms with Gasteiger partial charge in [0, 0.05) is 19.1 Å². The molecular formula is C26H33N3O5S. The van der Waals surface area contributed by atoms with Gasteiger partial charge >= 0.3 is 0 Å². The van der Waals surface area contributed by atoms with Crippen molar-refractivity contribution >= 4 is 27.5 Å². The Kier molecular flexibility index (Phi) is 8.07. The number of hydrogen-bond donors (Lipinski definition) is 2. The van der Waals surface area contributed by atoms with Crippen LogP contribution in [-0.4, -0.2) is 50.8 Å². The van der Waals surface area contributed by atoms with E-state index < -0.39 is 15.9 Å². The highest BCUT2D eigenvalue weighted by Gasteiger charge is 2.33. The van der Waals surface area contributed by atoms with Crippen LogP contribution in [0.15, 0.2) is 53.4 Å². The number of amides is 2. The topological polar surface area (TPSA) is 105 Å². The zero-order valence-electron chi connectivity index (χ0n) is 20.0. The standard InChI is InChI=1S/C26H33N3O5S/c1-34-21-13-15-22(16-14-21)35(32,33)29-17-7-8-19(18-29)25(30)28-24-12-6-5-11-23(24)26(31)27-20-9-3-2-4-10-20/h5-6,11-16,19-20H,2-4,7-10,17-18H2,1H3,(H,27,31)(H,28,30). The number of ether oxygens (including phenoxy) is 1. The van der Waals surface area contributed by atoms with E-state index in [4.69, 9.17) is 4.74 Å². The van der Waals surface area contributed by atoms with Crippen LogP contribution in [0.5, 0.6) is 5.75 Å². The molecule has 0 spiro atoms. The average molecular weight is 500 g/mol. The third-order valence-electron chi connectivity index (χ3n) is 6.82. The molecule has 0 radical (unpaired) electrons. The van der Waals surface area contributed by atoms with Crippen LogP contribution >= 0.6 is 0 Å². The number of para-hydroxylation sites is 1. The summed E-state index contributed by atoms with van der Waals surface area (Å²) >= 11 is 0. The molecule has 1 saturated carbocycles. The molecule has 9 heteroatoms. The molecule has 0 bridgehead atoms. The second-order valence-electron chi connectivity index (χ2n) is 9.22. The van der Waals surface area contributed by atoms with E-state index in [1.54, 1.807) is 36.4 Å². The first-order valence-corrected chi connectivity index (χ1v) is 13.7. The molecule has 8 nitrogen and oxygen atoms in total. The Bertz CT molecular complexity index is 1140. The predicted molar refractivity (Wildman–Crippen MR) is 134 cm³/mol. The van der Waals surface area contributed by atoms with Crippen LogP contribution in [0.1, 0.15) is 55.3 Å². The molecule has 35 heavy (non-hydrogen) atoms. The monoisotopic (exact) mass is 499 g/mol. The van der Waals surface area contributed by atoms with Crippen molar-refractivity contribution < 1.29 is 22.7 Å². The lowest BCUT2D eigenvalue weighted by Crippen LogP contribution is -2.43. The highest BCUT2D eigenvalue weighted by molar-refractivity contribution is 7.89. The third-order valence-corrected chi connectivity index (χ3v) is 8.70. The Hall–Kier alpha value is -2.91. The van der Waals surface area contributed by atoms with Crippen molar-refractivity contribution in [3.05, 3.63) is 54.1 Å². The molecule has 1 aliphatic heterocycles. The van der Waals surface area contributed by atoms with Crippen molar-refractivity contribution in [2.45, 2.75) is 55.9 Å². The number of rotatable bonds is 7. The molecule has 1 atom stereocenters. The maximum atomic E-state index is 13.1. The zero-order valence-corrected chi connectivity index (χ0v) is 20.9. The molecule has 1 aliphatic carbocycles. The van der Waals surface area contributed by atoms with Gasteiger partial charge in [0.1, 0.15) is 5.75 Å². The molecule has 2 fully saturated rings. The molecule has 2 N–H and O–H groups in total. The van der Waals surface area contributed by atoms with Crippen molar-refractivity contribution in [3.63, 3.8) is 0 Å². The quantitative estimate of drug-likeness (QED) is 0.603. The van der Waals surface area contributed by atoms with Gasteiger partial charge in [0.05, 0.1) is 29.2 Å². The second kappa shape index (κ2) is 11.2. The molecule has 1 heterocycles. The van der Waals surface area contributed by atoms with Crippen LogP contribution < -0.4 is 15.4 Å². The van der Waals surface area contributed by atoms with Crippen LogP contribution in [0.4, 0.5) is 5.69 Å². The minimum atomic E-state index is -3.73. The summed E-state index contributed by atoms with van der Waals surface area (Å²) in [5, 5.41) is 5.98. The Labute approximate surface area is 207 Å². The van der Waals surface area contributed by atoms with Gasteiger partial charge < -0.3 is 15.4 Å². The Morgan fingerprint density at radius 2 is 1.66 bits per heavy atom. The predicted octanol–water partition coefficient (Wildman–Crippen LogP) is 3.80. The van der Waals surface area contributed by atoms with Crippen molar-refractivity contribution in [3.8, 4) is 5.75 Å². The number of nitrogens with one attached hydrogen (secondary N) is 2. The molecule has 188 valence electrons. The second-order valence-corrected chi connectivity index (χ2v) is 11.2. The largest absolute Gasteiger partial charge is 0.497 e. The lowest BCUT2D eigenvalue weighted by molar-refractivity contribution is -0.120. The summed E-state index contributed by atoms with van der Waals surface area (Å²) in [5.74, 6) is -0.407. The first kappa shape index (κ1) is 25.2. The highest BCUT2D eigenvalue weighted by atomic mass is 32.2. The van der Waals surface area contributed by atoms with Crippen LogP contribution in [0.2, 0.25) is 0 Å². The number of methoxy groups -OCH3 is 1. The highest BCUT2D eigenvalue weighted by Crippen LogP contribution is 2.27. The zero-order chi connectivity index (χ0) is 24.8. The average Bonchev–Trinajstić information content (AvgIpc) is 2.89. The Balaban J connectivity index is 1.43. The van der Waals surface area contributed by atoms with Gasteiger partial charge in [-0.1, -0.05) is 31.4 Å². The van der Waals surface area contributed by atoms with E-state index >= 15 is 0 Å². The SMILES string of the molecule is COc1ccc(S(=O)(=O)N2CCCC(C(=O)Nc3ccccc3C(=O)NC3CCCCC3)C2)cc1. The van der Waals surface area contributed by atoms with E-state index in [0.29, 0.717) is 36.4 Å². The van der Waals surface area contributed by atoms with E-state index in [-0.39, 0.29) is 29.3 Å². The first-order chi connectivity index (χ1) is 16.9. The van der Waals surface area contributed by atoms with E-state index in [0.717, 1.165) is 25.7 Å². The molecule has 2 aromatic carbocycles. The fraction of sp³-hybridized carbons (Fsp3) is 0.462. The minimum absolute atomic E-state index is 0.0939. The maximum absolute atomic E-state index is 13.1. The van der Waals surface area contributed by atoms with Gasteiger partial charge in [-0.05, 0) is 62.1 Å². The van der Waals surface area contributed by atoms with Gasteiger partial charge in [0.25, 0.3) is 5.91 Å². The number of sulfonamides is 1. The van der Waals surface area contributed by atoms with Gasteiger partial charge in [-0.2, -0.15) is 4.31 Å². The summed E-state index contributed by atoms with van der Waals surface area (Å²) in [6, 6.07) is 13.4. The van der Waals surface area contributed by atoms with Crippen LogP contribution in [0.3, 0.4) is 0 Å². The molecular weight excluding hydrogens is 466 g/mol. The first-order valence-electron chi connectivity index (χ1n) is 12.2. The molecule has 2 amide bonds. The van der Waals surface area contributed by atoms with Gasteiger partial charge in [-0.15, -0.1) is 0 Å². The molecule has 4 rings (SSSR count). The number of carbonyl (C=O) groups excluding carboxylic acids is 2. The number of hydrogen-bond acceptors (Lipinski definition) is 5. The summed E-state index contributed by atoms with van der Waals surface area (Å²) in [7, 11) is -2.21. The van der Waals surface area contributed by atoms with E-state index in [2.05, 4.69) is 10.6 Å². The lowest BCUT2D eigenvalue weighted by atomic mass is 9.95. The normalized spacial score (nSPS) is 19.6. The summed E-state index contributed by atoms with van der Waals surface area (Å²) in [6.07, 6.45) is 6.53. The van der Waals surface area contributed by atoms with Gasteiger partial charge in [-0.25, -0.2) is 8.42 Å². The molecule has 1 saturated heterocycles. The Morgan fingerprint density at radius 1 is 0.943 bits per heavy atom. The van der Waals surface area contributed by atoms with Gasteiger partial charge in [0.15, 0.2) is 0 Å². The summed E-state index contributed by atoms with van der Waals surface area (Å²) in [5.41, 5.74) is 0.867. The van der Waals surface area contributed by atoms with Gasteiger partial charge in [-0.3, -0.25) is 9.59 Å². The summed E-state index contributed by atoms with van der Waals surface area (Å²) in [4.78, 5) is 26.2. The molecule has 2 aromatic rings. The fourth-order valence-electron chi connectivity index (χ4n) is 4.81. The number of anilines is 1. The Morgan fingerprint density at radius 3 is 2.37 bits per heavy atom. The minimum Gasteiger partial charge on any atom is -0.497 e. The smallest absolute Gasteiger partial charge is 0.253 e. The number of nitrogens with zero attached hydrogens (tertiary/aromatic N) is 1. The van der Waals surface area contributed by atoms with Crippen molar-refractivity contribution in [2.24, 2.45) is 5.92 Å². The maximum Gasteiger partial charge on any atom is 0.253 e. The molecule has 1 unspecified atom stereocenters. The molecule has 0 aromatic heterocycles. The van der Waals surface area contributed by atoms with Crippen LogP contribution in [0, 0.1) is 5.92 Å². The van der Waals surface area contributed by atoms with E-state index in [1.807, 2.05) is 0 Å². The van der Waals surface area contributed by atoms with Crippen molar-refractivity contribution in [1.29, 1.82) is 0 Å². The van der Waals surface area contributed by atoms with Gasteiger partial charge in [0.2, 0.25) is 15.9 Å². The number of benzene rings is 2. The summed E-state index contributed by atoms with van der Waals surface area (Å²) in [6.45, 7) is 0.454. The molecule has 2 aliphatic rings. The third kappa shape index (κ3) is 6.02. The van der Waals surface area contributed by atoms with Crippen molar-refractivity contribution in [2.75, 3.05) is 25.5 Å². The number of piperidine rings is 1. The lowest BCUT2D eigenvalue weighted by Gasteiger charge is -2.31. The van der Waals surface area contributed by atoms with Crippen LogP contribution in [0.25, 0.3) is 0 Å². The number of carbonyl (C=O) groups is 2. The fourth-order valence-corrected chi connectivity index (χ4v) is 6.33. The van der Waals surface area contributed by atoms with E-state index in [1.165, 1.54) is 30.0 Å². The van der Waals surface area contributed by atoms with Crippen molar-refractivity contribution in [1.82, 2.24) is 9.62 Å². The van der Waals surface area contributed by atoms with E-state index in [9.17, 15) is 18.0 Å². The van der Waals surface area contributed by atoms with Crippen LogP contribution in [-0.2, 0) is 14.8 Å².